The van der Waals surface area contributed by atoms with Gasteiger partial charge in [0.2, 0.25) is 11.9 Å². The van der Waals surface area contributed by atoms with Crippen LogP contribution >= 0.6 is 11.8 Å². The number of rotatable bonds is 5. The summed E-state index contributed by atoms with van der Waals surface area (Å²) in [6, 6.07) is 13.3. The molecule has 32 heavy (non-hydrogen) atoms. The van der Waals surface area contributed by atoms with Crippen molar-refractivity contribution >= 4 is 34.6 Å². The Hall–Kier alpha value is -3.46. The molecule has 0 aliphatic carbocycles. The Morgan fingerprint density at radius 2 is 1.75 bits per heavy atom. The van der Waals surface area contributed by atoms with Crippen molar-refractivity contribution in [1.82, 2.24) is 24.5 Å². The summed E-state index contributed by atoms with van der Waals surface area (Å²) in [4.78, 5) is 33.1. The smallest absolute Gasteiger partial charge is 0.266 e. The minimum absolute atomic E-state index is 0.113. The van der Waals surface area contributed by atoms with E-state index in [2.05, 4.69) is 15.0 Å². The van der Waals surface area contributed by atoms with Gasteiger partial charge in [0.25, 0.3) is 5.56 Å². The van der Waals surface area contributed by atoms with E-state index >= 15 is 0 Å². The maximum Gasteiger partial charge on any atom is 0.266 e. The van der Waals surface area contributed by atoms with Crippen LogP contribution in [0.25, 0.3) is 16.6 Å². The second-order valence-corrected chi connectivity index (χ2v) is 9.13. The van der Waals surface area contributed by atoms with Gasteiger partial charge in [0.1, 0.15) is 5.82 Å². The van der Waals surface area contributed by atoms with E-state index in [1.54, 1.807) is 15.5 Å². The molecule has 2 aromatic heterocycles. The van der Waals surface area contributed by atoms with Gasteiger partial charge in [0.05, 0.1) is 21.8 Å². The summed E-state index contributed by atoms with van der Waals surface area (Å²) in [5.41, 5.74) is 9.49. The lowest BCUT2D eigenvalue weighted by molar-refractivity contribution is 0.805. The van der Waals surface area contributed by atoms with Crippen LogP contribution in [0.5, 0.6) is 0 Å². The van der Waals surface area contributed by atoms with Gasteiger partial charge in [-0.3, -0.25) is 9.36 Å². The number of nitrogens with two attached hydrogens (primary N) is 1. The predicted octanol–water partition coefficient (Wildman–Crippen LogP) is 3.69. The van der Waals surface area contributed by atoms with Crippen LogP contribution in [0.4, 0.5) is 11.9 Å². The second-order valence-electron chi connectivity index (χ2n) is 7.83. The van der Waals surface area contributed by atoms with E-state index in [1.165, 1.54) is 11.8 Å². The van der Waals surface area contributed by atoms with Crippen LogP contribution in [0.1, 0.15) is 29.1 Å². The molecule has 2 aromatic carbocycles. The first-order chi connectivity index (χ1) is 15.2. The van der Waals surface area contributed by atoms with Crippen molar-refractivity contribution in [2.75, 3.05) is 24.7 Å². The predicted molar refractivity (Wildman–Crippen MR) is 130 cm³/mol. The van der Waals surface area contributed by atoms with Crippen molar-refractivity contribution in [1.29, 1.82) is 0 Å². The monoisotopic (exact) mass is 447 g/mol. The summed E-state index contributed by atoms with van der Waals surface area (Å²) in [5.74, 6) is 1.17. The molecule has 8 nitrogen and oxygen atoms in total. The third-order valence-corrected chi connectivity index (χ3v) is 6.25. The number of hydrogen-bond acceptors (Lipinski definition) is 8. The van der Waals surface area contributed by atoms with E-state index in [4.69, 9.17) is 10.7 Å². The van der Waals surface area contributed by atoms with E-state index in [9.17, 15) is 4.79 Å². The average molecular weight is 448 g/mol. The normalized spacial score (nSPS) is 12.2. The summed E-state index contributed by atoms with van der Waals surface area (Å²) in [6.07, 6.45) is 0. The van der Waals surface area contributed by atoms with Crippen molar-refractivity contribution in [2.24, 2.45) is 0 Å². The lowest BCUT2D eigenvalue weighted by atomic mass is 10.1. The summed E-state index contributed by atoms with van der Waals surface area (Å²) >= 11 is 1.41. The molecular weight excluding hydrogens is 422 g/mol. The van der Waals surface area contributed by atoms with Gasteiger partial charge in [-0.05, 0) is 56.2 Å². The number of benzene rings is 2. The first kappa shape index (κ1) is 21.8. The number of anilines is 2. The Balaban J connectivity index is 1.86. The number of nitrogen functional groups attached to an aromatic ring is 1. The topological polar surface area (TPSA) is 103 Å². The molecule has 1 unspecified atom stereocenters. The highest BCUT2D eigenvalue weighted by Crippen LogP contribution is 2.34. The number of hydrogen-bond donors (Lipinski definition) is 1. The van der Waals surface area contributed by atoms with Gasteiger partial charge < -0.3 is 10.6 Å². The zero-order chi connectivity index (χ0) is 23.0. The molecule has 0 aliphatic rings. The van der Waals surface area contributed by atoms with Crippen molar-refractivity contribution in [3.63, 3.8) is 0 Å². The van der Waals surface area contributed by atoms with Gasteiger partial charge >= 0.3 is 0 Å². The zero-order valence-electron chi connectivity index (χ0n) is 18.7. The van der Waals surface area contributed by atoms with Crippen molar-refractivity contribution in [2.45, 2.75) is 31.2 Å². The Morgan fingerprint density at radius 1 is 1.00 bits per heavy atom. The standard InChI is InChI=1S/C23H25N7OS/c1-13-10-11-16(12-14(13)2)30-20(31)17-8-6-7-9-18(17)25-23(30)32-15(3)19-26-21(24)28-22(27-19)29(4)5/h6-12,15H,1-5H3,(H2,24,26,27,28). The maximum atomic E-state index is 13.5. The maximum absolute atomic E-state index is 13.5. The number of aromatic nitrogens is 5. The molecule has 0 saturated carbocycles. The van der Waals surface area contributed by atoms with Crippen LogP contribution in [0.15, 0.2) is 52.4 Å². The van der Waals surface area contributed by atoms with E-state index in [1.807, 2.05) is 71.3 Å². The molecule has 4 aromatic rings. The van der Waals surface area contributed by atoms with E-state index in [0.717, 1.165) is 16.8 Å². The van der Waals surface area contributed by atoms with E-state index in [0.29, 0.717) is 27.8 Å². The molecule has 164 valence electrons. The van der Waals surface area contributed by atoms with Crippen molar-refractivity contribution < 1.29 is 0 Å². The van der Waals surface area contributed by atoms with Crippen molar-refractivity contribution in [3.05, 3.63) is 69.8 Å². The van der Waals surface area contributed by atoms with Gasteiger partial charge in [-0.2, -0.15) is 15.0 Å². The fraction of sp³-hybridized carbons (Fsp3) is 0.261. The molecule has 1 atom stereocenters. The Kier molecular flexibility index (Phi) is 5.84. The van der Waals surface area contributed by atoms with Gasteiger partial charge in [0, 0.05) is 14.1 Å². The zero-order valence-corrected chi connectivity index (χ0v) is 19.5. The summed E-state index contributed by atoms with van der Waals surface area (Å²) in [7, 11) is 3.69. The van der Waals surface area contributed by atoms with Crippen LogP contribution < -0.4 is 16.2 Å². The van der Waals surface area contributed by atoms with Crippen LogP contribution in [-0.4, -0.2) is 38.6 Å². The fourth-order valence-corrected chi connectivity index (χ4v) is 4.25. The first-order valence-electron chi connectivity index (χ1n) is 10.2. The molecule has 0 bridgehead atoms. The summed E-state index contributed by atoms with van der Waals surface area (Å²) in [5, 5.41) is 0.918. The Labute approximate surface area is 190 Å². The number of thioether (sulfide) groups is 1. The van der Waals surface area contributed by atoms with Crippen LogP contribution in [-0.2, 0) is 0 Å². The molecule has 0 saturated heterocycles. The number of para-hydroxylation sites is 1. The SMILES string of the molecule is Cc1ccc(-n2c(SC(C)c3nc(N)nc(N(C)C)n3)nc3ccccc3c2=O)cc1C. The third kappa shape index (κ3) is 4.16. The molecule has 2 heterocycles. The molecule has 9 heteroatoms. The highest BCUT2D eigenvalue weighted by molar-refractivity contribution is 7.99. The molecule has 4 rings (SSSR count). The van der Waals surface area contributed by atoms with Gasteiger partial charge in [-0.1, -0.05) is 30.0 Å². The molecule has 2 N–H and O–H groups in total. The molecule has 0 radical (unpaired) electrons. The molecule has 0 spiro atoms. The molecule has 0 fully saturated rings. The van der Waals surface area contributed by atoms with Crippen LogP contribution in [0, 0.1) is 13.8 Å². The lowest BCUT2D eigenvalue weighted by Crippen LogP contribution is -2.22. The second kappa shape index (κ2) is 8.58. The summed E-state index contributed by atoms with van der Waals surface area (Å²) < 4.78 is 1.66. The van der Waals surface area contributed by atoms with Crippen LogP contribution in [0.3, 0.4) is 0 Å². The average Bonchev–Trinajstić information content (AvgIpc) is 2.75. The minimum atomic E-state index is -0.218. The number of aryl methyl sites for hydroxylation is 2. The highest BCUT2D eigenvalue weighted by Gasteiger charge is 2.20. The quantitative estimate of drug-likeness (QED) is 0.365. The molecular formula is C23H25N7OS. The minimum Gasteiger partial charge on any atom is -0.368 e. The lowest BCUT2D eigenvalue weighted by Gasteiger charge is -2.18. The number of fused-ring (bicyclic) bond motifs is 1. The van der Waals surface area contributed by atoms with Gasteiger partial charge in [-0.25, -0.2) is 4.98 Å². The van der Waals surface area contributed by atoms with Gasteiger partial charge in [0.15, 0.2) is 5.16 Å². The third-order valence-electron chi connectivity index (χ3n) is 5.20. The van der Waals surface area contributed by atoms with E-state index < -0.39 is 0 Å². The first-order valence-corrected chi connectivity index (χ1v) is 11.1. The highest BCUT2D eigenvalue weighted by atomic mass is 32.2. The van der Waals surface area contributed by atoms with Crippen LogP contribution in [0.2, 0.25) is 0 Å². The number of nitrogens with zero attached hydrogens (tertiary/aromatic N) is 6. The molecule has 0 aliphatic heterocycles. The van der Waals surface area contributed by atoms with Gasteiger partial charge in [-0.15, -0.1) is 0 Å². The summed E-state index contributed by atoms with van der Waals surface area (Å²) in [6.45, 7) is 6.04. The van der Waals surface area contributed by atoms with E-state index in [-0.39, 0.29) is 16.8 Å². The Morgan fingerprint density at radius 3 is 2.47 bits per heavy atom. The fourth-order valence-electron chi connectivity index (χ4n) is 3.27. The largest absolute Gasteiger partial charge is 0.368 e. The Bertz CT molecular complexity index is 1370. The van der Waals surface area contributed by atoms with Crippen molar-refractivity contribution in [3.8, 4) is 5.69 Å². The molecule has 0 amide bonds.